The fraction of sp³-hybridized carbons (Fsp3) is 0.667. The first-order chi connectivity index (χ1) is 7.57. The van der Waals surface area contributed by atoms with Gasteiger partial charge in [0.1, 0.15) is 10.1 Å². The van der Waals surface area contributed by atoms with Gasteiger partial charge in [0.25, 0.3) is 0 Å². The molecule has 0 amide bonds. The van der Waals surface area contributed by atoms with Crippen molar-refractivity contribution in [3.63, 3.8) is 0 Å². The fourth-order valence-electron chi connectivity index (χ4n) is 0.525. The zero-order valence-electron chi connectivity index (χ0n) is 7.54. The number of allylic oxidation sites excluding steroid dienone is 2. The second-order valence-electron chi connectivity index (χ2n) is 2.77. The van der Waals surface area contributed by atoms with Crippen LogP contribution in [0.5, 0.6) is 0 Å². The van der Waals surface area contributed by atoms with Gasteiger partial charge in [-0.25, -0.2) is 8.78 Å². The highest BCUT2D eigenvalue weighted by Gasteiger charge is 2.62. The Hall–Kier alpha value is 1.06. The van der Waals surface area contributed by atoms with Crippen molar-refractivity contribution in [2.45, 2.75) is 21.0 Å². The molecule has 0 heterocycles. The molecule has 0 aromatic heterocycles. The maximum Gasteiger partial charge on any atom is 0.346 e. The van der Waals surface area contributed by atoms with Gasteiger partial charge in [0, 0.05) is 0 Å². The minimum Gasteiger partial charge on any atom is -0.201 e. The van der Waals surface area contributed by atoms with E-state index in [-0.39, 0.29) is 0 Å². The Balaban J connectivity index is 5.81. The smallest absolute Gasteiger partial charge is 0.201 e. The standard InChI is InChI=1S/C6Cl6F6/c7-1(3(13,14)5(9,10)17)2(8)4(15,16)6(11,12)18/b2-1+. The second kappa shape index (κ2) is 5.45. The van der Waals surface area contributed by atoms with Crippen molar-refractivity contribution >= 4 is 69.6 Å². The van der Waals surface area contributed by atoms with E-state index >= 15 is 0 Å². The molecular weight excluding hydrogens is 399 g/mol. The Labute approximate surface area is 127 Å². The predicted molar refractivity (Wildman–Crippen MR) is 59.7 cm³/mol. The highest BCUT2D eigenvalue weighted by atomic mass is 35.5. The van der Waals surface area contributed by atoms with Crippen molar-refractivity contribution in [3.8, 4) is 0 Å². The van der Waals surface area contributed by atoms with E-state index in [9.17, 15) is 26.3 Å². The highest BCUT2D eigenvalue weighted by Crippen LogP contribution is 2.53. The van der Waals surface area contributed by atoms with Crippen LogP contribution in [-0.2, 0) is 0 Å². The molecule has 12 heteroatoms. The lowest BCUT2D eigenvalue weighted by molar-refractivity contribution is -0.0348. The van der Waals surface area contributed by atoms with Gasteiger partial charge >= 0.3 is 21.0 Å². The molecule has 0 atom stereocenters. The van der Waals surface area contributed by atoms with Gasteiger partial charge in [-0.15, -0.1) is 0 Å². The van der Waals surface area contributed by atoms with Crippen LogP contribution in [0.1, 0.15) is 0 Å². The fourth-order valence-corrected chi connectivity index (χ4v) is 1.59. The average molecular weight is 399 g/mol. The van der Waals surface area contributed by atoms with Crippen LogP contribution in [0.3, 0.4) is 0 Å². The predicted octanol–water partition coefficient (Wildman–Crippen LogP) is 6.15. The van der Waals surface area contributed by atoms with Crippen molar-refractivity contribution in [2.24, 2.45) is 0 Å². The number of hydrogen-bond donors (Lipinski definition) is 0. The van der Waals surface area contributed by atoms with Crippen LogP contribution in [-0.4, -0.2) is 21.0 Å². The molecule has 0 aliphatic heterocycles. The largest absolute Gasteiger partial charge is 0.346 e. The summed E-state index contributed by atoms with van der Waals surface area (Å²) in [6.45, 7) is 0. The Morgan fingerprint density at radius 3 is 0.833 bits per heavy atom. The average Bonchev–Trinajstić information content (AvgIpc) is 2.11. The van der Waals surface area contributed by atoms with Gasteiger partial charge in [-0.2, -0.15) is 17.6 Å². The normalized spacial score (nSPS) is 16.7. The molecule has 0 fully saturated rings. The SMILES string of the molecule is FC(Cl)(Cl)C(F)(F)/C(Cl)=C(\Cl)C(F)(F)C(F)(Cl)Cl. The molecule has 0 bridgehead atoms. The van der Waals surface area contributed by atoms with Crippen molar-refractivity contribution in [2.75, 3.05) is 0 Å². The molecular formula is C6Cl6F6. The number of alkyl halides is 10. The minimum absolute atomic E-state index is 2.34. The molecule has 0 rings (SSSR count). The van der Waals surface area contributed by atoms with Gasteiger partial charge in [-0.1, -0.05) is 69.6 Å². The summed E-state index contributed by atoms with van der Waals surface area (Å²) in [4.78, 5) is 0. The molecule has 0 aromatic rings. The molecule has 0 N–H and O–H groups in total. The van der Waals surface area contributed by atoms with Crippen LogP contribution in [0, 0.1) is 0 Å². The van der Waals surface area contributed by atoms with E-state index in [4.69, 9.17) is 23.2 Å². The molecule has 0 saturated carbocycles. The molecule has 108 valence electrons. The van der Waals surface area contributed by atoms with Crippen LogP contribution in [0.15, 0.2) is 10.1 Å². The third-order valence-corrected chi connectivity index (χ3v) is 3.35. The maximum atomic E-state index is 13.0. The van der Waals surface area contributed by atoms with Gasteiger partial charge < -0.3 is 0 Å². The summed E-state index contributed by atoms with van der Waals surface area (Å²) in [7, 11) is 0. The molecule has 0 nitrogen and oxygen atoms in total. The molecule has 0 aliphatic rings. The summed E-state index contributed by atoms with van der Waals surface area (Å²) < 4.78 is 68.7. The van der Waals surface area contributed by atoms with E-state index in [1.165, 1.54) is 0 Å². The van der Waals surface area contributed by atoms with Crippen LogP contribution in [0.25, 0.3) is 0 Å². The van der Waals surface area contributed by atoms with Gasteiger partial charge in [-0.05, 0) is 0 Å². The number of hydrogen-bond acceptors (Lipinski definition) is 0. The minimum atomic E-state index is -5.04. The molecule has 0 aromatic carbocycles. The van der Waals surface area contributed by atoms with E-state index in [0.717, 1.165) is 0 Å². The van der Waals surface area contributed by atoms with Crippen LogP contribution in [0.4, 0.5) is 26.3 Å². The van der Waals surface area contributed by atoms with Crippen LogP contribution in [0.2, 0.25) is 0 Å². The van der Waals surface area contributed by atoms with E-state index < -0.39 is 31.1 Å². The van der Waals surface area contributed by atoms with E-state index in [0.29, 0.717) is 0 Å². The van der Waals surface area contributed by atoms with Crippen molar-refractivity contribution < 1.29 is 26.3 Å². The first-order valence-corrected chi connectivity index (χ1v) is 5.79. The summed E-state index contributed by atoms with van der Waals surface area (Å²) in [6, 6.07) is 0. The van der Waals surface area contributed by atoms with E-state index in [1.807, 2.05) is 0 Å². The lowest BCUT2D eigenvalue weighted by Crippen LogP contribution is -2.40. The van der Waals surface area contributed by atoms with E-state index in [2.05, 4.69) is 46.4 Å². The Morgan fingerprint density at radius 1 is 0.556 bits per heavy atom. The lowest BCUT2D eigenvalue weighted by atomic mass is 10.2. The maximum absolute atomic E-state index is 13.0. The quantitative estimate of drug-likeness (QED) is 0.393. The number of rotatable bonds is 4. The third kappa shape index (κ3) is 3.58. The van der Waals surface area contributed by atoms with Crippen molar-refractivity contribution in [1.29, 1.82) is 0 Å². The third-order valence-electron chi connectivity index (χ3n) is 1.46. The van der Waals surface area contributed by atoms with Gasteiger partial charge in [0.15, 0.2) is 0 Å². The monoisotopic (exact) mass is 396 g/mol. The first-order valence-electron chi connectivity index (χ1n) is 3.52. The first kappa shape index (κ1) is 19.1. The summed E-state index contributed by atoms with van der Waals surface area (Å²) >= 11 is 27.0. The van der Waals surface area contributed by atoms with E-state index in [1.54, 1.807) is 0 Å². The molecule has 0 unspecified atom stereocenters. The van der Waals surface area contributed by atoms with Gasteiger partial charge in [-0.3, -0.25) is 0 Å². The Morgan fingerprint density at radius 2 is 0.722 bits per heavy atom. The van der Waals surface area contributed by atoms with Gasteiger partial charge in [0.2, 0.25) is 0 Å². The Bertz CT molecular complexity index is 319. The molecule has 0 radical (unpaired) electrons. The highest BCUT2D eigenvalue weighted by molar-refractivity contribution is 6.51. The second-order valence-corrected chi connectivity index (χ2v) is 6.00. The summed E-state index contributed by atoms with van der Waals surface area (Å²) in [6.07, 6.45) is 0. The summed E-state index contributed by atoms with van der Waals surface area (Å²) in [5, 5.41) is -4.69. The van der Waals surface area contributed by atoms with Gasteiger partial charge in [0.05, 0.1) is 0 Å². The van der Waals surface area contributed by atoms with Crippen molar-refractivity contribution in [3.05, 3.63) is 10.1 Å². The molecule has 18 heavy (non-hydrogen) atoms. The topological polar surface area (TPSA) is 0 Å². The molecule has 0 spiro atoms. The zero-order valence-corrected chi connectivity index (χ0v) is 12.1. The summed E-state index contributed by atoms with van der Waals surface area (Å²) in [5.74, 6) is -10.1. The Kier molecular flexibility index (Phi) is 5.77. The van der Waals surface area contributed by atoms with Crippen molar-refractivity contribution in [1.82, 2.24) is 0 Å². The van der Waals surface area contributed by atoms with Crippen LogP contribution < -0.4 is 0 Å². The van der Waals surface area contributed by atoms with Crippen LogP contribution >= 0.6 is 69.6 Å². The summed E-state index contributed by atoms with van der Waals surface area (Å²) in [5.41, 5.74) is 0. The number of halogens is 12. The molecule has 0 aliphatic carbocycles. The zero-order chi connectivity index (χ0) is 15.2. The lowest BCUT2D eigenvalue weighted by Gasteiger charge is -2.27. The molecule has 0 saturated heterocycles.